The zero-order valence-corrected chi connectivity index (χ0v) is 14.8. The first-order valence-electron chi connectivity index (χ1n) is 8.74. The number of rotatable bonds is 12. The van der Waals surface area contributed by atoms with Crippen LogP contribution in [0.2, 0.25) is 0 Å². The molecule has 0 aliphatic carbocycles. The first kappa shape index (κ1) is 23.1. The largest absolute Gasteiger partial charge is 0.481 e. The summed E-state index contributed by atoms with van der Waals surface area (Å²) in [6, 6.07) is 0. The molecule has 25 heavy (non-hydrogen) atoms. The van der Waals surface area contributed by atoms with Crippen molar-refractivity contribution in [3.8, 4) is 11.8 Å². The van der Waals surface area contributed by atoms with Crippen molar-refractivity contribution >= 4 is 5.97 Å². The van der Waals surface area contributed by atoms with Gasteiger partial charge in [0.05, 0.1) is 18.3 Å². The van der Waals surface area contributed by atoms with Gasteiger partial charge in [0.1, 0.15) is 0 Å². The van der Waals surface area contributed by atoms with Crippen LogP contribution in [0.5, 0.6) is 0 Å². The molecule has 0 bridgehead atoms. The van der Waals surface area contributed by atoms with E-state index in [4.69, 9.17) is 5.11 Å². The number of aliphatic carboxylic acids is 1. The van der Waals surface area contributed by atoms with Gasteiger partial charge in [-0.25, -0.2) is 0 Å². The van der Waals surface area contributed by atoms with E-state index in [1.54, 1.807) is 30.4 Å². The Hall–Kier alpha value is -1.87. The van der Waals surface area contributed by atoms with E-state index in [1.807, 2.05) is 0 Å². The fraction of sp³-hybridized carbons (Fsp3) is 0.550. The Morgan fingerprint density at radius 2 is 1.68 bits per heavy atom. The van der Waals surface area contributed by atoms with E-state index in [0.717, 1.165) is 25.7 Å². The highest BCUT2D eigenvalue weighted by atomic mass is 16.4. The Kier molecular flexibility index (Phi) is 14.5. The third kappa shape index (κ3) is 15.4. The fourth-order valence-electron chi connectivity index (χ4n) is 2.00. The number of aliphatic hydroxyl groups excluding tert-OH is 3. The molecule has 0 aliphatic heterocycles. The molecule has 0 rings (SSSR count). The summed E-state index contributed by atoms with van der Waals surface area (Å²) < 4.78 is 0. The molecule has 140 valence electrons. The maximum atomic E-state index is 10.4. The molecule has 4 N–H and O–H groups in total. The molecule has 0 aromatic heterocycles. The van der Waals surface area contributed by atoms with Crippen LogP contribution in [0.15, 0.2) is 36.5 Å². The van der Waals surface area contributed by atoms with E-state index in [9.17, 15) is 20.1 Å². The van der Waals surface area contributed by atoms with Gasteiger partial charge in [-0.15, -0.1) is 0 Å². The molecule has 0 saturated heterocycles. The number of allylic oxidation sites excluding steroid dienone is 4. The minimum atomic E-state index is -1.04. The molecule has 0 amide bonds. The number of carboxylic acid groups (broad SMARTS) is 1. The third-order valence-electron chi connectivity index (χ3n) is 3.47. The SMILES string of the molecule is CCCCCC(O)C=CC#CC=CC=CC(O)C(O)CCCC(=O)O. The topological polar surface area (TPSA) is 98.0 Å². The van der Waals surface area contributed by atoms with Crippen LogP contribution in [0.25, 0.3) is 0 Å². The van der Waals surface area contributed by atoms with Gasteiger partial charge in [-0.3, -0.25) is 4.79 Å². The van der Waals surface area contributed by atoms with Crippen molar-refractivity contribution in [1.82, 2.24) is 0 Å². The molecule has 0 spiro atoms. The van der Waals surface area contributed by atoms with Crippen molar-refractivity contribution in [1.29, 1.82) is 0 Å². The second-order valence-electron chi connectivity index (χ2n) is 5.80. The van der Waals surface area contributed by atoms with Gasteiger partial charge >= 0.3 is 5.97 Å². The van der Waals surface area contributed by atoms with E-state index < -0.39 is 24.3 Å². The zero-order chi connectivity index (χ0) is 18.9. The number of aliphatic hydroxyl groups is 3. The highest BCUT2D eigenvalue weighted by molar-refractivity contribution is 5.66. The van der Waals surface area contributed by atoms with Crippen LogP contribution in [0.4, 0.5) is 0 Å². The van der Waals surface area contributed by atoms with Gasteiger partial charge in [0.2, 0.25) is 0 Å². The molecule has 3 atom stereocenters. The Balaban J connectivity index is 4.02. The van der Waals surface area contributed by atoms with Crippen LogP contribution in [-0.4, -0.2) is 44.7 Å². The number of unbranched alkanes of at least 4 members (excludes halogenated alkanes) is 2. The van der Waals surface area contributed by atoms with Crippen molar-refractivity contribution in [2.75, 3.05) is 0 Å². The fourth-order valence-corrected chi connectivity index (χ4v) is 2.00. The lowest BCUT2D eigenvalue weighted by molar-refractivity contribution is -0.137. The predicted octanol–water partition coefficient (Wildman–Crippen LogP) is 2.58. The van der Waals surface area contributed by atoms with Crippen molar-refractivity contribution in [2.24, 2.45) is 0 Å². The first-order chi connectivity index (χ1) is 12.0. The van der Waals surface area contributed by atoms with E-state index in [0.29, 0.717) is 6.42 Å². The molecule has 0 aromatic carbocycles. The standard InChI is InChI=1S/C20H30O5/c1-2-3-8-12-17(21)13-9-6-4-5-7-10-14-18(22)19(23)15-11-16-20(24)25/h5,7,9-10,13-14,17-19,21-23H,2-3,8,11-12,15-16H2,1H3,(H,24,25). The Morgan fingerprint density at radius 3 is 2.36 bits per heavy atom. The molecular weight excluding hydrogens is 320 g/mol. The molecule has 0 aliphatic rings. The minimum Gasteiger partial charge on any atom is -0.481 e. The van der Waals surface area contributed by atoms with E-state index in [1.165, 1.54) is 6.08 Å². The molecule has 0 aromatic rings. The van der Waals surface area contributed by atoms with Gasteiger partial charge in [0.25, 0.3) is 0 Å². The summed E-state index contributed by atoms with van der Waals surface area (Å²) in [5.41, 5.74) is 0. The Bertz CT molecular complexity index is 496. The monoisotopic (exact) mass is 350 g/mol. The molecule has 3 unspecified atom stereocenters. The van der Waals surface area contributed by atoms with Crippen molar-refractivity contribution < 1.29 is 25.2 Å². The quantitative estimate of drug-likeness (QED) is 0.246. The van der Waals surface area contributed by atoms with Gasteiger partial charge in [-0.2, -0.15) is 0 Å². The van der Waals surface area contributed by atoms with Gasteiger partial charge < -0.3 is 20.4 Å². The van der Waals surface area contributed by atoms with Gasteiger partial charge in [0.15, 0.2) is 0 Å². The summed E-state index contributed by atoms with van der Waals surface area (Å²) in [7, 11) is 0. The van der Waals surface area contributed by atoms with Crippen LogP contribution >= 0.6 is 0 Å². The average molecular weight is 350 g/mol. The molecule has 0 fully saturated rings. The lowest BCUT2D eigenvalue weighted by atomic mass is 10.1. The van der Waals surface area contributed by atoms with Gasteiger partial charge in [0, 0.05) is 6.42 Å². The van der Waals surface area contributed by atoms with E-state index in [2.05, 4.69) is 18.8 Å². The zero-order valence-electron chi connectivity index (χ0n) is 14.8. The van der Waals surface area contributed by atoms with Crippen LogP contribution in [-0.2, 0) is 4.79 Å². The molecule has 0 radical (unpaired) electrons. The van der Waals surface area contributed by atoms with E-state index in [-0.39, 0.29) is 12.8 Å². The summed E-state index contributed by atoms with van der Waals surface area (Å²) >= 11 is 0. The van der Waals surface area contributed by atoms with Gasteiger partial charge in [-0.05, 0) is 37.5 Å². The number of carboxylic acids is 1. The number of hydrogen-bond acceptors (Lipinski definition) is 4. The lowest BCUT2D eigenvalue weighted by Gasteiger charge is -2.13. The minimum absolute atomic E-state index is 0.0240. The van der Waals surface area contributed by atoms with Crippen LogP contribution in [0.1, 0.15) is 51.9 Å². The smallest absolute Gasteiger partial charge is 0.303 e. The summed E-state index contributed by atoms with van der Waals surface area (Å²) in [6.45, 7) is 2.12. The predicted molar refractivity (Wildman–Crippen MR) is 98.8 cm³/mol. The maximum absolute atomic E-state index is 10.4. The summed E-state index contributed by atoms with van der Waals surface area (Å²) in [4.78, 5) is 10.4. The average Bonchev–Trinajstić information content (AvgIpc) is 2.56. The van der Waals surface area contributed by atoms with Crippen molar-refractivity contribution in [3.63, 3.8) is 0 Å². The molecule has 0 saturated carbocycles. The summed E-state index contributed by atoms with van der Waals surface area (Å²) in [5, 5.41) is 37.5. The maximum Gasteiger partial charge on any atom is 0.303 e. The Morgan fingerprint density at radius 1 is 0.960 bits per heavy atom. The second kappa shape index (κ2) is 15.6. The first-order valence-corrected chi connectivity index (χ1v) is 8.74. The van der Waals surface area contributed by atoms with E-state index >= 15 is 0 Å². The third-order valence-corrected chi connectivity index (χ3v) is 3.47. The lowest BCUT2D eigenvalue weighted by Crippen LogP contribution is -2.23. The van der Waals surface area contributed by atoms with Crippen LogP contribution in [0, 0.1) is 11.8 Å². The molecule has 5 heteroatoms. The summed E-state index contributed by atoms with van der Waals surface area (Å²) in [5.74, 6) is 4.63. The molecular formula is C20H30O5. The second-order valence-corrected chi connectivity index (χ2v) is 5.80. The molecule has 5 nitrogen and oxygen atoms in total. The van der Waals surface area contributed by atoms with Crippen molar-refractivity contribution in [2.45, 2.75) is 70.2 Å². The van der Waals surface area contributed by atoms with Crippen LogP contribution in [0.3, 0.4) is 0 Å². The van der Waals surface area contributed by atoms with Gasteiger partial charge in [-0.1, -0.05) is 56.3 Å². The van der Waals surface area contributed by atoms with Crippen molar-refractivity contribution in [3.05, 3.63) is 36.5 Å². The molecule has 0 heterocycles. The summed E-state index contributed by atoms with van der Waals surface area (Å²) in [6.07, 6.45) is 11.6. The number of carbonyl (C=O) groups is 1. The Labute approximate surface area is 150 Å². The number of hydrogen-bond donors (Lipinski definition) is 4. The normalized spacial score (nSPS) is 15.4. The highest BCUT2D eigenvalue weighted by Crippen LogP contribution is 2.06. The van der Waals surface area contributed by atoms with Crippen LogP contribution < -0.4 is 0 Å². The highest BCUT2D eigenvalue weighted by Gasteiger charge is 2.12.